The lowest BCUT2D eigenvalue weighted by molar-refractivity contribution is -0.117. The Morgan fingerprint density at radius 2 is 2.06 bits per heavy atom. The van der Waals surface area contributed by atoms with Gasteiger partial charge in [0, 0.05) is 48.4 Å². The van der Waals surface area contributed by atoms with Gasteiger partial charge in [-0.15, -0.1) is 0 Å². The molecule has 2 aromatic carbocycles. The fraction of sp³-hybridized carbons (Fsp3) is 0.320. The SMILES string of the molecule is COc1cc2ncc(CC(N)=O)c(Nc3cccc(CO)c3C)c2cc1OCCNCCC#N. The molecule has 5 N–H and O–H groups in total. The first-order valence-corrected chi connectivity index (χ1v) is 10.9. The molecule has 0 bridgehead atoms. The fourth-order valence-corrected chi connectivity index (χ4v) is 3.61. The summed E-state index contributed by atoms with van der Waals surface area (Å²) < 4.78 is 11.5. The van der Waals surface area contributed by atoms with E-state index in [9.17, 15) is 9.90 Å². The zero-order valence-electron chi connectivity index (χ0n) is 19.4. The highest BCUT2D eigenvalue weighted by atomic mass is 16.5. The van der Waals surface area contributed by atoms with Crippen LogP contribution in [0.3, 0.4) is 0 Å². The summed E-state index contributed by atoms with van der Waals surface area (Å²) in [7, 11) is 1.56. The van der Waals surface area contributed by atoms with Gasteiger partial charge >= 0.3 is 0 Å². The number of aromatic nitrogens is 1. The van der Waals surface area contributed by atoms with E-state index in [-0.39, 0.29) is 13.0 Å². The Hall–Kier alpha value is -3.87. The molecule has 9 heteroatoms. The van der Waals surface area contributed by atoms with Gasteiger partial charge in [0.2, 0.25) is 5.91 Å². The van der Waals surface area contributed by atoms with Crippen molar-refractivity contribution < 1.29 is 19.4 Å². The maximum atomic E-state index is 11.8. The molecule has 0 saturated heterocycles. The number of nitrogens with zero attached hydrogens (tertiary/aromatic N) is 2. The second-order valence-electron chi connectivity index (χ2n) is 7.70. The zero-order valence-corrected chi connectivity index (χ0v) is 19.4. The van der Waals surface area contributed by atoms with Crippen molar-refractivity contribution in [1.82, 2.24) is 10.3 Å². The largest absolute Gasteiger partial charge is 0.493 e. The molecule has 0 aliphatic rings. The van der Waals surface area contributed by atoms with Gasteiger partial charge in [0.05, 0.1) is 37.4 Å². The third kappa shape index (κ3) is 5.92. The molecule has 1 aromatic heterocycles. The normalized spacial score (nSPS) is 10.6. The number of hydrogen-bond donors (Lipinski definition) is 4. The zero-order chi connectivity index (χ0) is 24.5. The van der Waals surface area contributed by atoms with Gasteiger partial charge in [-0.25, -0.2) is 0 Å². The molecular formula is C25H29N5O4. The summed E-state index contributed by atoms with van der Waals surface area (Å²) in [5.74, 6) is 0.585. The molecule has 0 atom stereocenters. The van der Waals surface area contributed by atoms with Crippen LogP contribution < -0.4 is 25.8 Å². The van der Waals surface area contributed by atoms with Gasteiger partial charge in [0.15, 0.2) is 11.5 Å². The maximum absolute atomic E-state index is 11.8. The third-order valence-electron chi connectivity index (χ3n) is 5.42. The number of nitrogens with one attached hydrogen (secondary N) is 2. The van der Waals surface area contributed by atoms with Crippen molar-refractivity contribution in [3.05, 3.63) is 53.2 Å². The number of methoxy groups -OCH3 is 1. The van der Waals surface area contributed by atoms with Crippen molar-refractivity contribution in [2.75, 3.05) is 32.1 Å². The molecule has 3 aromatic rings. The number of nitriles is 1. The van der Waals surface area contributed by atoms with Crippen LogP contribution >= 0.6 is 0 Å². The lowest BCUT2D eigenvalue weighted by Crippen LogP contribution is -2.22. The third-order valence-corrected chi connectivity index (χ3v) is 5.42. The molecule has 0 aliphatic carbocycles. The van der Waals surface area contributed by atoms with E-state index in [2.05, 4.69) is 21.7 Å². The second-order valence-corrected chi connectivity index (χ2v) is 7.70. The van der Waals surface area contributed by atoms with Gasteiger partial charge in [-0.2, -0.15) is 5.26 Å². The van der Waals surface area contributed by atoms with Crippen LogP contribution in [0.25, 0.3) is 10.9 Å². The van der Waals surface area contributed by atoms with Crippen molar-refractivity contribution in [2.45, 2.75) is 26.4 Å². The predicted molar refractivity (Wildman–Crippen MR) is 130 cm³/mol. The van der Waals surface area contributed by atoms with Crippen LogP contribution in [0.4, 0.5) is 11.4 Å². The average Bonchev–Trinajstić information content (AvgIpc) is 2.83. The Morgan fingerprint density at radius 1 is 1.24 bits per heavy atom. The number of hydrogen-bond acceptors (Lipinski definition) is 8. The number of primary amides is 1. The summed E-state index contributed by atoms with van der Waals surface area (Å²) in [6, 6.07) is 11.3. The summed E-state index contributed by atoms with van der Waals surface area (Å²) in [4.78, 5) is 16.3. The van der Waals surface area contributed by atoms with Crippen LogP contribution in [0.1, 0.15) is 23.1 Å². The quantitative estimate of drug-likeness (QED) is 0.300. The molecule has 0 fully saturated rings. The molecule has 9 nitrogen and oxygen atoms in total. The van der Waals surface area contributed by atoms with E-state index < -0.39 is 5.91 Å². The fourth-order valence-electron chi connectivity index (χ4n) is 3.61. The number of ether oxygens (including phenoxy) is 2. The molecule has 0 spiro atoms. The van der Waals surface area contributed by atoms with Crippen LogP contribution in [0, 0.1) is 18.3 Å². The van der Waals surface area contributed by atoms with Crippen LogP contribution in [0.2, 0.25) is 0 Å². The van der Waals surface area contributed by atoms with Gasteiger partial charge in [-0.05, 0) is 30.2 Å². The first-order chi connectivity index (χ1) is 16.5. The van der Waals surface area contributed by atoms with E-state index in [4.69, 9.17) is 20.5 Å². The van der Waals surface area contributed by atoms with Crippen LogP contribution in [-0.2, 0) is 17.8 Å². The highest BCUT2D eigenvalue weighted by Crippen LogP contribution is 2.38. The molecule has 34 heavy (non-hydrogen) atoms. The minimum atomic E-state index is -0.474. The van der Waals surface area contributed by atoms with Crippen LogP contribution in [-0.4, -0.2) is 42.8 Å². The van der Waals surface area contributed by atoms with Crippen molar-refractivity contribution in [2.24, 2.45) is 5.73 Å². The van der Waals surface area contributed by atoms with E-state index in [1.165, 1.54) is 0 Å². The maximum Gasteiger partial charge on any atom is 0.221 e. The minimum absolute atomic E-state index is 0.00897. The van der Waals surface area contributed by atoms with Gasteiger partial charge < -0.3 is 30.9 Å². The molecule has 1 heterocycles. The molecular weight excluding hydrogens is 434 g/mol. The van der Waals surface area contributed by atoms with Crippen molar-refractivity contribution in [3.8, 4) is 17.6 Å². The molecule has 178 valence electrons. The molecule has 0 aliphatic heterocycles. The smallest absolute Gasteiger partial charge is 0.221 e. The first-order valence-electron chi connectivity index (χ1n) is 10.9. The van der Waals surface area contributed by atoms with E-state index in [0.29, 0.717) is 54.4 Å². The number of nitrogens with two attached hydrogens (primary N) is 1. The summed E-state index contributed by atoms with van der Waals surface area (Å²) in [5.41, 5.74) is 9.97. The molecule has 1 amide bonds. The van der Waals surface area contributed by atoms with Gasteiger partial charge in [0.25, 0.3) is 0 Å². The summed E-state index contributed by atoms with van der Waals surface area (Å²) in [6.07, 6.45) is 2.06. The molecule has 0 radical (unpaired) electrons. The number of pyridine rings is 1. The van der Waals surface area contributed by atoms with Crippen molar-refractivity contribution in [1.29, 1.82) is 5.26 Å². The van der Waals surface area contributed by atoms with Crippen molar-refractivity contribution in [3.63, 3.8) is 0 Å². The Labute approximate surface area is 198 Å². The lowest BCUT2D eigenvalue weighted by atomic mass is 10.0. The Balaban J connectivity index is 2.03. The number of anilines is 2. The highest BCUT2D eigenvalue weighted by Gasteiger charge is 2.17. The van der Waals surface area contributed by atoms with E-state index >= 15 is 0 Å². The monoisotopic (exact) mass is 463 g/mol. The van der Waals surface area contributed by atoms with Gasteiger partial charge in [0.1, 0.15) is 6.61 Å². The summed E-state index contributed by atoms with van der Waals surface area (Å²) in [5, 5.41) is 25.6. The number of carbonyl (C=O) groups is 1. The standard InChI is InChI=1S/C25H29N5O4/c1-16-17(15-31)5-3-6-20(16)30-25-18(11-24(27)32)14-29-21-13-22(33-2)23(12-19(21)25)34-10-9-28-8-4-7-26/h3,5-6,12-14,28,31H,4,8-11,15H2,1-2H3,(H2,27,32)(H,29,30). The Morgan fingerprint density at radius 3 is 2.76 bits per heavy atom. The minimum Gasteiger partial charge on any atom is -0.493 e. The topological polar surface area (TPSA) is 143 Å². The van der Waals surface area contributed by atoms with Crippen LogP contribution in [0.5, 0.6) is 11.5 Å². The van der Waals surface area contributed by atoms with Gasteiger partial charge in [-0.3, -0.25) is 9.78 Å². The lowest BCUT2D eigenvalue weighted by Gasteiger charge is -2.19. The predicted octanol–water partition coefficient (Wildman–Crippen LogP) is 2.70. The number of aliphatic hydroxyl groups is 1. The number of amides is 1. The Bertz CT molecular complexity index is 1210. The molecule has 0 unspecified atom stereocenters. The van der Waals surface area contributed by atoms with E-state index in [1.807, 2.05) is 31.2 Å². The number of rotatable bonds is 12. The van der Waals surface area contributed by atoms with Gasteiger partial charge in [-0.1, -0.05) is 12.1 Å². The number of fused-ring (bicyclic) bond motifs is 1. The molecule has 0 saturated carbocycles. The second kappa shape index (κ2) is 11.8. The molecule has 3 rings (SSSR count). The number of benzene rings is 2. The highest BCUT2D eigenvalue weighted by molar-refractivity contribution is 5.98. The number of aliphatic hydroxyl groups excluding tert-OH is 1. The van der Waals surface area contributed by atoms with E-state index in [0.717, 1.165) is 22.2 Å². The first kappa shape index (κ1) is 24.8. The summed E-state index contributed by atoms with van der Waals surface area (Å²) in [6.45, 7) is 3.38. The van der Waals surface area contributed by atoms with Crippen LogP contribution in [0.15, 0.2) is 36.5 Å². The summed E-state index contributed by atoms with van der Waals surface area (Å²) >= 11 is 0. The van der Waals surface area contributed by atoms with Crippen molar-refractivity contribution >= 4 is 28.2 Å². The number of carbonyl (C=O) groups excluding carboxylic acids is 1. The average molecular weight is 464 g/mol. The Kier molecular flexibility index (Phi) is 8.62. The van der Waals surface area contributed by atoms with E-state index in [1.54, 1.807) is 19.4 Å².